The molecule has 0 saturated heterocycles. The van der Waals surface area contributed by atoms with Crippen molar-refractivity contribution < 1.29 is 9.90 Å². The smallest absolute Gasteiger partial charge is 0.252 e. The molecular weight excluding hydrogens is 276 g/mol. The van der Waals surface area contributed by atoms with Gasteiger partial charge in [0.05, 0.1) is 12.1 Å². The van der Waals surface area contributed by atoms with Gasteiger partial charge in [-0.3, -0.25) is 4.79 Å². The summed E-state index contributed by atoms with van der Waals surface area (Å²) in [4.78, 5) is 16.0. The number of pyridine rings is 1. The van der Waals surface area contributed by atoms with Crippen LogP contribution in [-0.2, 0) is 6.42 Å². The zero-order valence-electron chi connectivity index (χ0n) is 10.6. The lowest BCUT2D eigenvalue weighted by molar-refractivity contribution is 0.0858. The van der Waals surface area contributed by atoms with Crippen LogP contribution in [0.15, 0.2) is 42.6 Å². The molecule has 1 aromatic heterocycles. The van der Waals surface area contributed by atoms with Crippen LogP contribution in [0.1, 0.15) is 27.5 Å². The third kappa shape index (κ3) is 2.40. The van der Waals surface area contributed by atoms with Gasteiger partial charge in [-0.25, -0.2) is 4.98 Å². The molecule has 1 aromatic carbocycles. The first-order valence-electron chi connectivity index (χ1n) is 6.33. The van der Waals surface area contributed by atoms with Gasteiger partial charge in [0.25, 0.3) is 5.91 Å². The highest BCUT2D eigenvalue weighted by molar-refractivity contribution is 6.29. The Morgan fingerprint density at radius 1 is 1.35 bits per heavy atom. The highest BCUT2D eigenvalue weighted by Gasteiger charge is 2.32. The number of halogens is 1. The molecule has 2 N–H and O–H groups in total. The SMILES string of the molecule is O=C(N[C@@H]1c2ccccc2C[C@H]1O)c1ccnc(Cl)c1. The van der Waals surface area contributed by atoms with Gasteiger partial charge in [-0.05, 0) is 23.3 Å². The van der Waals surface area contributed by atoms with Crippen molar-refractivity contribution in [2.24, 2.45) is 0 Å². The van der Waals surface area contributed by atoms with Gasteiger partial charge in [0.15, 0.2) is 0 Å². The maximum Gasteiger partial charge on any atom is 0.252 e. The number of aliphatic hydroxyl groups is 1. The Morgan fingerprint density at radius 3 is 2.95 bits per heavy atom. The number of amides is 1. The first-order chi connectivity index (χ1) is 9.65. The molecule has 102 valence electrons. The van der Waals surface area contributed by atoms with Crippen LogP contribution in [0.5, 0.6) is 0 Å². The summed E-state index contributed by atoms with van der Waals surface area (Å²) in [6.45, 7) is 0. The number of aromatic nitrogens is 1. The number of carbonyl (C=O) groups is 1. The van der Waals surface area contributed by atoms with Crippen LogP contribution in [-0.4, -0.2) is 22.1 Å². The second-order valence-corrected chi connectivity index (χ2v) is 5.18. The molecule has 0 aliphatic heterocycles. The third-order valence-corrected chi connectivity index (χ3v) is 3.69. The van der Waals surface area contributed by atoms with E-state index in [-0.39, 0.29) is 17.1 Å². The molecule has 0 unspecified atom stereocenters. The average molecular weight is 289 g/mol. The quantitative estimate of drug-likeness (QED) is 0.832. The fraction of sp³-hybridized carbons (Fsp3) is 0.200. The predicted molar refractivity (Wildman–Crippen MR) is 75.6 cm³/mol. The van der Waals surface area contributed by atoms with Crippen molar-refractivity contribution in [1.82, 2.24) is 10.3 Å². The summed E-state index contributed by atoms with van der Waals surface area (Å²) < 4.78 is 0. The molecule has 0 radical (unpaired) electrons. The zero-order valence-corrected chi connectivity index (χ0v) is 11.3. The molecule has 3 rings (SSSR count). The number of hydrogen-bond donors (Lipinski definition) is 2. The molecule has 1 amide bonds. The molecular formula is C15H13ClN2O2. The van der Waals surface area contributed by atoms with E-state index in [1.165, 1.54) is 12.3 Å². The molecule has 0 spiro atoms. The first kappa shape index (κ1) is 13.1. The van der Waals surface area contributed by atoms with Gasteiger partial charge in [-0.1, -0.05) is 35.9 Å². The Hall–Kier alpha value is -1.91. The molecule has 1 aliphatic rings. The van der Waals surface area contributed by atoms with E-state index in [1.807, 2.05) is 24.3 Å². The van der Waals surface area contributed by atoms with Crippen LogP contribution < -0.4 is 5.32 Å². The summed E-state index contributed by atoms with van der Waals surface area (Å²) in [5, 5.41) is 13.2. The van der Waals surface area contributed by atoms with Crippen LogP contribution in [0.25, 0.3) is 0 Å². The predicted octanol–water partition coefficient (Wildman–Crippen LogP) is 2.12. The van der Waals surface area contributed by atoms with Crippen molar-refractivity contribution in [1.29, 1.82) is 0 Å². The standard InChI is InChI=1S/C15H13ClN2O2/c16-13-8-10(5-6-17-13)15(20)18-14-11-4-2-1-3-9(11)7-12(14)19/h1-6,8,12,14,19H,7H2,(H,18,20)/t12-,14-/m1/s1. The highest BCUT2D eigenvalue weighted by atomic mass is 35.5. The number of aliphatic hydroxyl groups excluding tert-OH is 1. The summed E-state index contributed by atoms with van der Waals surface area (Å²) in [5.74, 6) is -0.268. The van der Waals surface area contributed by atoms with E-state index in [4.69, 9.17) is 11.6 Å². The van der Waals surface area contributed by atoms with Crippen molar-refractivity contribution in [3.05, 3.63) is 64.4 Å². The molecule has 4 nitrogen and oxygen atoms in total. The molecule has 5 heteroatoms. The second-order valence-electron chi connectivity index (χ2n) is 4.79. The van der Waals surface area contributed by atoms with Gasteiger partial charge < -0.3 is 10.4 Å². The largest absolute Gasteiger partial charge is 0.390 e. The summed E-state index contributed by atoms with van der Waals surface area (Å²) in [6.07, 6.45) is 1.43. The number of nitrogens with one attached hydrogen (secondary N) is 1. The van der Waals surface area contributed by atoms with E-state index in [9.17, 15) is 9.90 Å². The van der Waals surface area contributed by atoms with Crippen LogP contribution in [0.4, 0.5) is 0 Å². The van der Waals surface area contributed by atoms with Gasteiger partial charge in [-0.2, -0.15) is 0 Å². The fourth-order valence-electron chi connectivity index (χ4n) is 2.52. The minimum Gasteiger partial charge on any atom is -0.390 e. The van der Waals surface area contributed by atoms with Gasteiger partial charge in [0.1, 0.15) is 5.15 Å². The van der Waals surface area contributed by atoms with E-state index in [1.54, 1.807) is 6.07 Å². The Kier molecular flexibility index (Phi) is 3.42. The number of fused-ring (bicyclic) bond motifs is 1. The molecule has 2 aromatic rings. The molecule has 0 fully saturated rings. The molecule has 0 saturated carbocycles. The normalized spacial score (nSPS) is 20.5. The topological polar surface area (TPSA) is 62.2 Å². The zero-order chi connectivity index (χ0) is 14.1. The highest BCUT2D eigenvalue weighted by Crippen LogP contribution is 2.31. The number of benzene rings is 1. The molecule has 0 bridgehead atoms. The van der Waals surface area contributed by atoms with E-state index < -0.39 is 6.10 Å². The lowest BCUT2D eigenvalue weighted by atomic mass is 10.1. The first-order valence-corrected chi connectivity index (χ1v) is 6.71. The van der Waals surface area contributed by atoms with Crippen LogP contribution in [0, 0.1) is 0 Å². The van der Waals surface area contributed by atoms with Crippen LogP contribution >= 0.6 is 11.6 Å². The lowest BCUT2D eigenvalue weighted by Crippen LogP contribution is -2.33. The maximum atomic E-state index is 12.2. The third-order valence-electron chi connectivity index (χ3n) is 3.48. The average Bonchev–Trinajstić information content (AvgIpc) is 2.75. The molecule has 20 heavy (non-hydrogen) atoms. The van der Waals surface area contributed by atoms with Crippen LogP contribution in [0.2, 0.25) is 5.15 Å². The summed E-state index contributed by atoms with van der Waals surface area (Å²) in [7, 11) is 0. The van der Waals surface area contributed by atoms with Gasteiger partial charge in [-0.15, -0.1) is 0 Å². The van der Waals surface area contributed by atoms with E-state index >= 15 is 0 Å². The lowest BCUT2D eigenvalue weighted by Gasteiger charge is -2.18. The van der Waals surface area contributed by atoms with Crippen LogP contribution in [0.3, 0.4) is 0 Å². The van der Waals surface area contributed by atoms with Crippen molar-refractivity contribution in [2.75, 3.05) is 0 Å². The van der Waals surface area contributed by atoms with Gasteiger partial charge in [0, 0.05) is 18.2 Å². The van der Waals surface area contributed by atoms with Gasteiger partial charge >= 0.3 is 0 Å². The van der Waals surface area contributed by atoms with Crippen molar-refractivity contribution in [2.45, 2.75) is 18.6 Å². The number of nitrogens with zero attached hydrogens (tertiary/aromatic N) is 1. The monoisotopic (exact) mass is 288 g/mol. The van der Waals surface area contributed by atoms with E-state index in [0.29, 0.717) is 12.0 Å². The number of rotatable bonds is 2. The van der Waals surface area contributed by atoms with E-state index in [0.717, 1.165) is 11.1 Å². The molecule has 2 atom stereocenters. The second kappa shape index (κ2) is 5.23. The Morgan fingerprint density at radius 2 is 2.15 bits per heavy atom. The Balaban J connectivity index is 1.83. The Labute approximate surface area is 121 Å². The Bertz CT molecular complexity index is 660. The number of carbonyl (C=O) groups excluding carboxylic acids is 1. The molecule has 1 heterocycles. The number of hydrogen-bond acceptors (Lipinski definition) is 3. The van der Waals surface area contributed by atoms with Crippen molar-refractivity contribution in [3.63, 3.8) is 0 Å². The maximum absolute atomic E-state index is 12.2. The minimum atomic E-state index is -0.603. The van der Waals surface area contributed by atoms with Crippen molar-refractivity contribution >= 4 is 17.5 Å². The van der Waals surface area contributed by atoms with Gasteiger partial charge in [0.2, 0.25) is 0 Å². The summed E-state index contributed by atoms with van der Waals surface area (Å²) in [6, 6.07) is 10.4. The minimum absolute atomic E-state index is 0.268. The summed E-state index contributed by atoms with van der Waals surface area (Å²) in [5.41, 5.74) is 2.47. The summed E-state index contributed by atoms with van der Waals surface area (Å²) >= 11 is 5.77. The fourth-order valence-corrected chi connectivity index (χ4v) is 2.69. The van der Waals surface area contributed by atoms with E-state index in [2.05, 4.69) is 10.3 Å². The molecule has 1 aliphatic carbocycles. The van der Waals surface area contributed by atoms with Crippen molar-refractivity contribution in [3.8, 4) is 0 Å².